The molecule has 0 unspecified atom stereocenters. The Morgan fingerprint density at radius 2 is 1.95 bits per heavy atom. The molecule has 1 aromatic carbocycles. The number of fused-ring (bicyclic) bond motifs is 1. The molecule has 0 bridgehead atoms. The van der Waals surface area contributed by atoms with E-state index >= 15 is 0 Å². The van der Waals surface area contributed by atoms with Crippen molar-refractivity contribution in [1.29, 1.82) is 0 Å². The minimum Gasteiger partial charge on any atom is -0.381 e. The van der Waals surface area contributed by atoms with Gasteiger partial charge in [0.2, 0.25) is 5.95 Å². The van der Waals surface area contributed by atoms with Crippen LogP contribution in [0, 0.1) is 0 Å². The number of ether oxygens (including phenoxy) is 1. The van der Waals surface area contributed by atoms with Crippen molar-refractivity contribution in [2.75, 3.05) is 24.0 Å². The SMILES string of the molecule is NNc1nc(NC2CCOCC2)c2ccccc2n1. The second kappa shape index (κ2) is 5.38. The van der Waals surface area contributed by atoms with Gasteiger partial charge in [0.25, 0.3) is 0 Å². The molecule has 100 valence electrons. The van der Waals surface area contributed by atoms with E-state index in [1.165, 1.54) is 0 Å². The van der Waals surface area contributed by atoms with Crippen molar-refractivity contribution in [3.05, 3.63) is 24.3 Å². The summed E-state index contributed by atoms with van der Waals surface area (Å²) in [5, 5.41) is 4.48. The highest BCUT2D eigenvalue weighted by Crippen LogP contribution is 2.23. The smallest absolute Gasteiger partial charge is 0.239 e. The summed E-state index contributed by atoms with van der Waals surface area (Å²) in [6, 6.07) is 8.28. The van der Waals surface area contributed by atoms with Gasteiger partial charge < -0.3 is 10.1 Å². The lowest BCUT2D eigenvalue weighted by Crippen LogP contribution is -2.28. The number of benzene rings is 1. The predicted octanol–water partition coefficient (Wildman–Crippen LogP) is 1.51. The first-order valence-electron chi connectivity index (χ1n) is 6.44. The molecular weight excluding hydrogens is 242 g/mol. The van der Waals surface area contributed by atoms with Crippen molar-refractivity contribution in [3.63, 3.8) is 0 Å². The summed E-state index contributed by atoms with van der Waals surface area (Å²) in [7, 11) is 0. The van der Waals surface area contributed by atoms with E-state index in [9.17, 15) is 0 Å². The highest BCUT2D eigenvalue weighted by molar-refractivity contribution is 5.90. The molecule has 3 rings (SSSR count). The highest BCUT2D eigenvalue weighted by Gasteiger charge is 2.16. The molecule has 0 spiro atoms. The lowest BCUT2D eigenvalue weighted by molar-refractivity contribution is 0.0904. The van der Waals surface area contributed by atoms with Gasteiger partial charge in [-0.25, -0.2) is 10.8 Å². The average molecular weight is 259 g/mol. The molecule has 1 fully saturated rings. The number of nitrogen functional groups attached to an aromatic ring is 1. The van der Waals surface area contributed by atoms with Crippen LogP contribution in [0.2, 0.25) is 0 Å². The summed E-state index contributed by atoms with van der Waals surface area (Å²) < 4.78 is 5.36. The lowest BCUT2D eigenvalue weighted by Gasteiger charge is -2.24. The molecule has 4 N–H and O–H groups in total. The van der Waals surface area contributed by atoms with Crippen molar-refractivity contribution >= 4 is 22.7 Å². The van der Waals surface area contributed by atoms with Crippen LogP contribution in [0.1, 0.15) is 12.8 Å². The maximum absolute atomic E-state index is 5.42. The number of hydrazine groups is 1. The van der Waals surface area contributed by atoms with Crippen LogP contribution in [0.5, 0.6) is 0 Å². The number of nitrogens with zero attached hydrogens (tertiary/aromatic N) is 2. The molecule has 0 amide bonds. The normalized spacial score (nSPS) is 16.5. The monoisotopic (exact) mass is 259 g/mol. The summed E-state index contributed by atoms with van der Waals surface area (Å²) in [4.78, 5) is 8.75. The molecule has 1 aliphatic rings. The molecule has 6 nitrogen and oxygen atoms in total. The quantitative estimate of drug-likeness (QED) is 0.572. The Kier molecular flexibility index (Phi) is 3.43. The summed E-state index contributed by atoms with van der Waals surface area (Å²) in [5.74, 6) is 6.67. The van der Waals surface area contributed by atoms with Gasteiger partial charge >= 0.3 is 0 Å². The Hall–Kier alpha value is -1.92. The molecule has 1 saturated heterocycles. The van der Waals surface area contributed by atoms with Gasteiger partial charge in [-0.2, -0.15) is 4.98 Å². The minimum absolute atomic E-state index is 0.387. The molecule has 1 aromatic heterocycles. The lowest BCUT2D eigenvalue weighted by atomic mass is 10.1. The van der Waals surface area contributed by atoms with Crippen LogP contribution in [0.15, 0.2) is 24.3 Å². The van der Waals surface area contributed by atoms with Crippen molar-refractivity contribution in [2.45, 2.75) is 18.9 Å². The van der Waals surface area contributed by atoms with Gasteiger partial charge in [0, 0.05) is 24.6 Å². The Labute approximate surface area is 111 Å². The predicted molar refractivity (Wildman–Crippen MR) is 74.8 cm³/mol. The van der Waals surface area contributed by atoms with E-state index in [-0.39, 0.29) is 0 Å². The van der Waals surface area contributed by atoms with E-state index in [1.807, 2.05) is 24.3 Å². The largest absolute Gasteiger partial charge is 0.381 e. The van der Waals surface area contributed by atoms with Gasteiger partial charge in [-0.15, -0.1) is 0 Å². The first kappa shape index (κ1) is 12.1. The molecule has 0 saturated carbocycles. The zero-order valence-electron chi connectivity index (χ0n) is 10.6. The third kappa shape index (κ3) is 2.59. The zero-order chi connectivity index (χ0) is 13.1. The number of para-hydroxylation sites is 1. The van der Waals surface area contributed by atoms with E-state index in [2.05, 4.69) is 20.7 Å². The van der Waals surface area contributed by atoms with Crippen LogP contribution < -0.4 is 16.6 Å². The molecule has 1 aliphatic heterocycles. The van der Waals surface area contributed by atoms with E-state index in [1.54, 1.807) is 0 Å². The number of aromatic nitrogens is 2. The third-order valence-corrected chi connectivity index (χ3v) is 3.29. The molecule has 0 radical (unpaired) electrons. The molecule has 0 aliphatic carbocycles. The van der Waals surface area contributed by atoms with Gasteiger partial charge in [-0.1, -0.05) is 12.1 Å². The van der Waals surface area contributed by atoms with Crippen LogP contribution in [0.25, 0.3) is 10.9 Å². The Morgan fingerprint density at radius 3 is 2.74 bits per heavy atom. The van der Waals surface area contributed by atoms with Crippen LogP contribution >= 0.6 is 0 Å². The van der Waals surface area contributed by atoms with Crippen LogP contribution in [0.4, 0.5) is 11.8 Å². The first-order valence-corrected chi connectivity index (χ1v) is 6.44. The second-order valence-corrected chi connectivity index (χ2v) is 4.59. The number of nitrogens with two attached hydrogens (primary N) is 1. The van der Waals surface area contributed by atoms with Crippen molar-refractivity contribution < 1.29 is 4.74 Å². The Balaban J connectivity index is 1.95. The topological polar surface area (TPSA) is 85.1 Å². The van der Waals surface area contributed by atoms with Crippen LogP contribution in [-0.4, -0.2) is 29.2 Å². The number of hydrogen-bond donors (Lipinski definition) is 3. The van der Waals surface area contributed by atoms with Gasteiger partial charge in [-0.3, -0.25) is 5.43 Å². The van der Waals surface area contributed by atoms with Crippen LogP contribution in [0.3, 0.4) is 0 Å². The zero-order valence-corrected chi connectivity index (χ0v) is 10.6. The Morgan fingerprint density at radius 1 is 1.16 bits per heavy atom. The molecule has 2 aromatic rings. The molecule has 0 atom stereocenters. The van der Waals surface area contributed by atoms with E-state index < -0.39 is 0 Å². The average Bonchev–Trinajstić information content (AvgIpc) is 2.48. The molecule has 6 heteroatoms. The van der Waals surface area contributed by atoms with E-state index in [0.717, 1.165) is 42.8 Å². The summed E-state index contributed by atoms with van der Waals surface area (Å²) in [5.41, 5.74) is 3.38. The highest BCUT2D eigenvalue weighted by atomic mass is 16.5. The number of anilines is 2. The van der Waals surface area contributed by atoms with Crippen molar-refractivity contribution in [3.8, 4) is 0 Å². The summed E-state index contributed by atoms with van der Waals surface area (Å²) in [6.45, 7) is 1.59. The fourth-order valence-electron chi connectivity index (χ4n) is 2.29. The molecule has 19 heavy (non-hydrogen) atoms. The maximum atomic E-state index is 5.42. The summed E-state index contributed by atoms with van der Waals surface area (Å²) in [6.07, 6.45) is 1.98. The number of rotatable bonds is 3. The van der Waals surface area contributed by atoms with Gasteiger partial charge in [0.05, 0.1) is 5.52 Å². The fraction of sp³-hybridized carbons (Fsp3) is 0.385. The molecular formula is C13H17N5O. The Bertz CT molecular complexity index is 568. The summed E-state index contributed by atoms with van der Waals surface area (Å²) >= 11 is 0. The minimum atomic E-state index is 0.387. The van der Waals surface area contributed by atoms with E-state index in [4.69, 9.17) is 10.6 Å². The number of hydrogen-bond acceptors (Lipinski definition) is 6. The van der Waals surface area contributed by atoms with Gasteiger partial charge in [0.15, 0.2) is 0 Å². The second-order valence-electron chi connectivity index (χ2n) is 4.59. The van der Waals surface area contributed by atoms with Gasteiger partial charge in [0.1, 0.15) is 5.82 Å². The maximum Gasteiger partial charge on any atom is 0.239 e. The van der Waals surface area contributed by atoms with Crippen molar-refractivity contribution in [1.82, 2.24) is 9.97 Å². The third-order valence-electron chi connectivity index (χ3n) is 3.29. The van der Waals surface area contributed by atoms with Crippen LogP contribution in [-0.2, 0) is 4.74 Å². The number of nitrogens with one attached hydrogen (secondary N) is 2. The fourth-order valence-corrected chi connectivity index (χ4v) is 2.29. The van der Waals surface area contributed by atoms with Gasteiger partial charge in [-0.05, 0) is 25.0 Å². The first-order chi connectivity index (χ1) is 9.36. The molecule has 2 heterocycles. The van der Waals surface area contributed by atoms with E-state index in [0.29, 0.717) is 12.0 Å². The standard InChI is InChI=1S/C13H17N5O/c14-18-13-16-11-4-2-1-3-10(11)12(17-13)15-9-5-7-19-8-6-9/h1-4,9H,5-8,14H2,(H2,15,16,17,18). The van der Waals surface area contributed by atoms with Crippen molar-refractivity contribution in [2.24, 2.45) is 5.84 Å².